The Morgan fingerprint density at radius 2 is 1.70 bits per heavy atom. The van der Waals surface area contributed by atoms with E-state index in [0.29, 0.717) is 5.92 Å². The molecule has 11 heteroatoms. The van der Waals surface area contributed by atoms with Crippen molar-refractivity contribution in [3.05, 3.63) is 0 Å². The molecule has 3 unspecified atom stereocenters. The molecule has 8 nitrogen and oxygen atoms in total. The molecule has 5 fully saturated rings. The number of esters is 1. The molecule has 4 bridgehead atoms. The first-order valence-electron chi connectivity index (χ1n) is 10.4. The van der Waals surface area contributed by atoms with Crippen LogP contribution in [-0.2, 0) is 24.4 Å². The molecule has 5 rings (SSSR count). The zero-order valence-electron chi connectivity index (χ0n) is 16.5. The summed E-state index contributed by atoms with van der Waals surface area (Å²) in [7, 11) is -5.94. The Morgan fingerprint density at radius 1 is 1.13 bits per heavy atom. The van der Waals surface area contributed by atoms with E-state index in [0.717, 1.165) is 57.8 Å². The van der Waals surface area contributed by atoms with E-state index < -0.39 is 39.8 Å². The van der Waals surface area contributed by atoms with Crippen LogP contribution in [0.3, 0.4) is 0 Å². The molecule has 0 heterocycles. The third-order valence-electron chi connectivity index (χ3n) is 7.87. The van der Waals surface area contributed by atoms with Crippen molar-refractivity contribution >= 4 is 16.1 Å². The molecule has 0 radical (unpaired) electrons. The van der Waals surface area contributed by atoms with Gasteiger partial charge in [-0.3, -0.25) is 4.55 Å². The second kappa shape index (κ2) is 7.33. The normalized spacial score (nSPS) is 38.6. The fourth-order valence-corrected chi connectivity index (χ4v) is 7.13. The predicted octanol–water partition coefficient (Wildman–Crippen LogP) is 1.85. The highest BCUT2D eigenvalue weighted by Gasteiger charge is 2.63. The molecule has 0 aliphatic heterocycles. The minimum Gasteiger partial charge on any atom is -0.426 e. The summed E-state index contributed by atoms with van der Waals surface area (Å²) in [6, 6.07) is 0. The summed E-state index contributed by atoms with van der Waals surface area (Å²) in [5, 5.41) is 15.5. The largest absolute Gasteiger partial charge is 0.430 e. The van der Waals surface area contributed by atoms with E-state index in [2.05, 4.69) is 4.74 Å². The molecule has 0 aromatic carbocycles. The highest BCUT2D eigenvalue weighted by molar-refractivity contribution is 7.86. The van der Waals surface area contributed by atoms with E-state index in [-0.39, 0.29) is 23.4 Å². The van der Waals surface area contributed by atoms with Crippen molar-refractivity contribution in [3.63, 3.8) is 0 Å². The molecule has 30 heavy (non-hydrogen) atoms. The number of carbonyl (C=O) groups is 1. The first-order chi connectivity index (χ1) is 13.9. The molecule has 0 saturated heterocycles. The summed E-state index contributed by atoms with van der Waals surface area (Å²) < 4.78 is 66.1. The standard InChI is InChI=1S/C19H28F2O8S/c20-19(21,30(25,26)27)16(23)29-14(22)10-28-15-12-5-11-6-13(15)9-17(7-11,8-12)18(24)3-1-2-4-18/h11-13,15-16,23-24H,1-10H2,(H,25,26,27). The van der Waals surface area contributed by atoms with Gasteiger partial charge in [0.05, 0.1) is 11.7 Å². The number of halogens is 2. The number of rotatable bonds is 7. The van der Waals surface area contributed by atoms with Crippen LogP contribution < -0.4 is 0 Å². The topological polar surface area (TPSA) is 130 Å². The van der Waals surface area contributed by atoms with Crippen LogP contribution in [0.1, 0.15) is 57.8 Å². The fraction of sp³-hybridized carbons (Fsp3) is 0.947. The summed E-state index contributed by atoms with van der Waals surface area (Å²) in [5.74, 6) is -0.534. The van der Waals surface area contributed by atoms with Gasteiger partial charge < -0.3 is 19.7 Å². The fourth-order valence-electron chi connectivity index (χ4n) is 6.83. The molecule has 3 N–H and O–H groups in total. The van der Waals surface area contributed by atoms with Gasteiger partial charge in [-0.2, -0.15) is 17.2 Å². The lowest BCUT2D eigenvalue weighted by Crippen LogP contribution is -2.62. The number of aliphatic hydroxyl groups is 2. The summed E-state index contributed by atoms with van der Waals surface area (Å²) in [6.07, 6.45) is 4.57. The average Bonchev–Trinajstić information content (AvgIpc) is 3.08. The van der Waals surface area contributed by atoms with Gasteiger partial charge in [0.15, 0.2) is 0 Å². The summed E-state index contributed by atoms with van der Waals surface area (Å²) >= 11 is 0. The summed E-state index contributed by atoms with van der Waals surface area (Å²) in [6.45, 7) is -0.710. The molecule has 0 aromatic rings. The maximum absolute atomic E-state index is 13.3. The Hall–Kier alpha value is -0.880. The monoisotopic (exact) mass is 454 g/mol. The van der Waals surface area contributed by atoms with Crippen molar-refractivity contribution < 1.29 is 46.2 Å². The van der Waals surface area contributed by atoms with E-state index in [1.165, 1.54) is 0 Å². The number of hydrogen-bond acceptors (Lipinski definition) is 7. The minimum absolute atomic E-state index is 0.117. The van der Waals surface area contributed by atoms with Gasteiger partial charge in [0.2, 0.25) is 0 Å². The average molecular weight is 454 g/mol. The number of ether oxygens (including phenoxy) is 2. The van der Waals surface area contributed by atoms with Gasteiger partial charge in [-0.05, 0) is 62.7 Å². The number of hydrogen-bond donors (Lipinski definition) is 3. The van der Waals surface area contributed by atoms with Gasteiger partial charge in [-0.1, -0.05) is 12.8 Å². The van der Waals surface area contributed by atoms with Crippen molar-refractivity contribution in [1.29, 1.82) is 0 Å². The lowest BCUT2D eigenvalue weighted by molar-refractivity contribution is -0.230. The number of aliphatic hydroxyl groups excluding tert-OH is 1. The van der Waals surface area contributed by atoms with Crippen LogP contribution in [0.2, 0.25) is 0 Å². The molecule has 5 aliphatic carbocycles. The number of alkyl halides is 2. The van der Waals surface area contributed by atoms with E-state index in [1.807, 2.05) is 0 Å². The lowest BCUT2D eigenvalue weighted by atomic mass is 9.44. The Morgan fingerprint density at radius 3 is 2.23 bits per heavy atom. The summed E-state index contributed by atoms with van der Waals surface area (Å²) in [4.78, 5) is 11.8. The zero-order valence-corrected chi connectivity index (χ0v) is 17.3. The van der Waals surface area contributed by atoms with E-state index in [4.69, 9.17) is 9.29 Å². The van der Waals surface area contributed by atoms with E-state index >= 15 is 0 Å². The molecule has 0 spiro atoms. The highest BCUT2D eigenvalue weighted by atomic mass is 32.2. The van der Waals surface area contributed by atoms with Crippen molar-refractivity contribution in [1.82, 2.24) is 0 Å². The van der Waals surface area contributed by atoms with Gasteiger partial charge in [-0.15, -0.1) is 0 Å². The second-order valence-corrected chi connectivity index (χ2v) is 11.1. The highest BCUT2D eigenvalue weighted by Crippen LogP contribution is 2.66. The van der Waals surface area contributed by atoms with Crippen molar-refractivity contribution in [2.75, 3.05) is 6.61 Å². The molecule has 5 aliphatic rings. The lowest BCUT2D eigenvalue weighted by Gasteiger charge is -2.63. The molecule has 0 aromatic heterocycles. The molecule has 172 valence electrons. The predicted molar refractivity (Wildman–Crippen MR) is 97.7 cm³/mol. The second-order valence-electron chi connectivity index (χ2n) is 9.64. The molecular formula is C19H28F2O8S. The maximum Gasteiger partial charge on any atom is 0.430 e. The third kappa shape index (κ3) is 3.56. The van der Waals surface area contributed by atoms with Crippen molar-refractivity contribution in [2.24, 2.45) is 23.2 Å². The Kier molecular flexibility index (Phi) is 5.45. The van der Waals surface area contributed by atoms with Crippen LogP contribution in [0.15, 0.2) is 0 Å². The van der Waals surface area contributed by atoms with Crippen LogP contribution in [0.4, 0.5) is 8.78 Å². The van der Waals surface area contributed by atoms with Gasteiger partial charge >= 0.3 is 21.3 Å². The number of carbonyl (C=O) groups excluding carboxylic acids is 1. The van der Waals surface area contributed by atoms with Gasteiger partial charge in [-0.25, -0.2) is 4.79 Å². The smallest absolute Gasteiger partial charge is 0.426 e. The minimum atomic E-state index is -5.94. The SMILES string of the molecule is O=C(COC1C2CC3CC1CC(C1(O)CCCC1)(C3)C2)OC(O)C(F)(F)S(=O)(=O)O. The van der Waals surface area contributed by atoms with Gasteiger partial charge in [0, 0.05) is 5.41 Å². The molecular weight excluding hydrogens is 426 g/mol. The third-order valence-corrected chi connectivity index (χ3v) is 8.76. The first-order valence-corrected chi connectivity index (χ1v) is 11.9. The summed E-state index contributed by atoms with van der Waals surface area (Å²) in [5.41, 5.74) is -0.758. The Bertz CT molecular complexity index is 778. The molecule has 3 atom stereocenters. The zero-order chi connectivity index (χ0) is 21.9. The van der Waals surface area contributed by atoms with E-state index in [9.17, 15) is 32.2 Å². The maximum atomic E-state index is 13.3. The van der Waals surface area contributed by atoms with Crippen LogP contribution in [0, 0.1) is 23.2 Å². The Balaban J connectivity index is 1.37. The first kappa shape index (κ1) is 22.3. The van der Waals surface area contributed by atoms with E-state index in [1.54, 1.807) is 0 Å². The molecule has 5 saturated carbocycles. The van der Waals surface area contributed by atoms with Crippen LogP contribution in [0.5, 0.6) is 0 Å². The van der Waals surface area contributed by atoms with Crippen LogP contribution >= 0.6 is 0 Å². The molecule has 0 amide bonds. The Labute approximate surface area is 173 Å². The van der Waals surface area contributed by atoms with Crippen LogP contribution in [0.25, 0.3) is 0 Å². The van der Waals surface area contributed by atoms with Crippen molar-refractivity contribution in [3.8, 4) is 0 Å². The van der Waals surface area contributed by atoms with Crippen LogP contribution in [-0.4, -0.2) is 59.0 Å². The quantitative estimate of drug-likeness (QED) is 0.302. The van der Waals surface area contributed by atoms with Crippen molar-refractivity contribution in [2.45, 2.75) is 81.0 Å². The van der Waals surface area contributed by atoms with Gasteiger partial charge in [0.1, 0.15) is 6.61 Å². The van der Waals surface area contributed by atoms with Gasteiger partial charge in [0.25, 0.3) is 6.29 Å².